The average Bonchev–Trinajstić information content (AvgIpc) is 2.90. The van der Waals surface area contributed by atoms with Gasteiger partial charge in [-0.15, -0.1) is 0 Å². The summed E-state index contributed by atoms with van der Waals surface area (Å²) in [6, 6.07) is 12.8. The molecule has 4 rings (SSSR count). The van der Waals surface area contributed by atoms with Gasteiger partial charge in [0.05, 0.1) is 0 Å². The lowest BCUT2D eigenvalue weighted by atomic mass is 9.81. The van der Waals surface area contributed by atoms with E-state index in [4.69, 9.17) is 0 Å². The Balaban J connectivity index is 1.80. The van der Waals surface area contributed by atoms with E-state index in [1.807, 2.05) is 12.1 Å². The van der Waals surface area contributed by atoms with Gasteiger partial charge in [-0.3, -0.25) is 4.79 Å². The molecule has 1 spiro atoms. The molecular formula is C17H13FO. The van der Waals surface area contributed by atoms with Gasteiger partial charge >= 0.3 is 0 Å². The summed E-state index contributed by atoms with van der Waals surface area (Å²) in [5.74, 6) is -0.196. The van der Waals surface area contributed by atoms with Crippen LogP contribution in [0.2, 0.25) is 0 Å². The summed E-state index contributed by atoms with van der Waals surface area (Å²) in [4.78, 5) is 12.7. The van der Waals surface area contributed by atoms with Gasteiger partial charge in [-0.25, -0.2) is 4.39 Å². The molecule has 0 saturated carbocycles. The van der Waals surface area contributed by atoms with E-state index in [-0.39, 0.29) is 17.0 Å². The van der Waals surface area contributed by atoms with Gasteiger partial charge in [0.25, 0.3) is 0 Å². The first-order valence-electron chi connectivity index (χ1n) is 6.58. The third kappa shape index (κ3) is 1.43. The Morgan fingerprint density at radius 3 is 2.21 bits per heavy atom. The number of carbonyl (C=O) groups excluding carboxylic acids is 1. The second kappa shape index (κ2) is 3.53. The van der Waals surface area contributed by atoms with Crippen LogP contribution in [0.25, 0.3) is 0 Å². The van der Waals surface area contributed by atoms with Crippen LogP contribution in [0.1, 0.15) is 27.0 Å². The van der Waals surface area contributed by atoms with Gasteiger partial charge in [0.15, 0.2) is 5.78 Å². The van der Waals surface area contributed by atoms with Crippen molar-refractivity contribution in [3.63, 3.8) is 0 Å². The molecule has 1 nitrogen and oxygen atoms in total. The van der Waals surface area contributed by atoms with Crippen molar-refractivity contribution in [3.8, 4) is 0 Å². The minimum Gasteiger partial charge on any atom is -0.294 e. The molecule has 0 atom stereocenters. The number of rotatable bonds is 0. The second-order valence-corrected chi connectivity index (χ2v) is 5.71. The van der Waals surface area contributed by atoms with Crippen molar-refractivity contribution < 1.29 is 9.18 Å². The number of fused-ring (bicyclic) bond motifs is 2. The molecular weight excluding hydrogens is 239 g/mol. The fourth-order valence-electron chi connectivity index (χ4n) is 3.62. The SMILES string of the molecule is O=C1c2cc(F)ccc2CC12Cc1ccccc1C2. The molecule has 0 N–H and O–H groups in total. The van der Waals surface area contributed by atoms with E-state index in [1.54, 1.807) is 6.07 Å². The van der Waals surface area contributed by atoms with Gasteiger partial charge < -0.3 is 0 Å². The van der Waals surface area contributed by atoms with Crippen molar-refractivity contribution in [2.45, 2.75) is 19.3 Å². The zero-order valence-corrected chi connectivity index (χ0v) is 10.4. The van der Waals surface area contributed by atoms with Crippen LogP contribution in [0.3, 0.4) is 0 Å². The zero-order chi connectivity index (χ0) is 13.0. The highest BCUT2D eigenvalue weighted by Gasteiger charge is 2.48. The molecule has 0 radical (unpaired) electrons. The Bertz CT molecular complexity index is 677. The standard InChI is InChI=1S/C17H13FO/c18-14-6-5-13-10-17(16(19)15(13)7-14)8-11-3-1-2-4-12(11)9-17/h1-7H,8-10H2. The average molecular weight is 252 g/mol. The normalized spacial score (nSPS) is 18.7. The number of benzene rings is 2. The molecule has 94 valence electrons. The molecule has 2 heteroatoms. The summed E-state index contributed by atoms with van der Waals surface area (Å²) in [7, 11) is 0. The molecule has 2 aromatic rings. The summed E-state index contributed by atoms with van der Waals surface area (Å²) in [6.07, 6.45) is 2.33. The van der Waals surface area contributed by atoms with E-state index in [2.05, 4.69) is 12.1 Å². The molecule has 0 aliphatic heterocycles. The molecule has 0 bridgehead atoms. The molecule has 2 aliphatic rings. The first kappa shape index (κ1) is 10.9. The highest BCUT2D eigenvalue weighted by Crippen LogP contribution is 2.47. The van der Waals surface area contributed by atoms with Crippen molar-refractivity contribution in [2.24, 2.45) is 5.41 Å². The minimum atomic E-state index is -0.347. The summed E-state index contributed by atoms with van der Waals surface area (Å²) >= 11 is 0. The quantitative estimate of drug-likeness (QED) is 0.702. The van der Waals surface area contributed by atoms with Crippen molar-refractivity contribution in [1.29, 1.82) is 0 Å². The first-order chi connectivity index (χ1) is 9.18. The van der Waals surface area contributed by atoms with Crippen molar-refractivity contribution in [2.75, 3.05) is 0 Å². The third-order valence-corrected chi connectivity index (χ3v) is 4.50. The number of hydrogen-bond donors (Lipinski definition) is 0. The fraction of sp³-hybridized carbons (Fsp3) is 0.235. The topological polar surface area (TPSA) is 17.1 Å². The maximum Gasteiger partial charge on any atom is 0.170 e. The van der Waals surface area contributed by atoms with Crippen LogP contribution >= 0.6 is 0 Å². The van der Waals surface area contributed by atoms with Gasteiger partial charge in [0.2, 0.25) is 0 Å². The van der Waals surface area contributed by atoms with Crippen LogP contribution in [-0.4, -0.2) is 5.78 Å². The molecule has 0 heterocycles. The van der Waals surface area contributed by atoms with Crippen molar-refractivity contribution in [3.05, 3.63) is 70.5 Å². The molecule has 0 saturated heterocycles. The molecule has 0 aromatic heterocycles. The lowest BCUT2D eigenvalue weighted by molar-refractivity contribution is 0.0831. The number of Topliss-reactive ketones (excluding diaryl/α,β-unsaturated/α-hetero) is 1. The maximum atomic E-state index is 13.3. The third-order valence-electron chi connectivity index (χ3n) is 4.50. The van der Waals surface area contributed by atoms with E-state index in [0.29, 0.717) is 5.56 Å². The first-order valence-corrected chi connectivity index (χ1v) is 6.58. The Hall–Kier alpha value is -1.96. The predicted molar refractivity (Wildman–Crippen MR) is 70.7 cm³/mol. The smallest absolute Gasteiger partial charge is 0.170 e. The van der Waals surface area contributed by atoms with Gasteiger partial charge in [-0.1, -0.05) is 30.3 Å². The Morgan fingerprint density at radius 2 is 1.53 bits per heavy atom. The van der Waals surface area contributed by atoms with Crippen LogP contribution < -0.4 is 0 Å². The van der Waals surface area contributed by atoms with Crippen LogP contribution in [0.5, 0.6) is 0 Å². The minimum absolute atomic E-state index is 0.123. The molecule has 19 heavy (non-hydrogen) atoms. The highest BCUT2D eigenvalue weighted by atomic mass is 19.1. The van der Waals surface area contributed by atoms with Crippen molar-refractivity contribution >= 4 is 5.78 Å². The summed E-state index contributed by atoms with van der Waals surface area (Å²) in [5, 5.41) is 0. The Morgan fingerprint density at radius 1 is 0.895 bits per heavy atom. The molecule has 2 aromatic carbocycles. The van der Waals surface area contributed by atoms with Gasteiger partial charge in [-0.05, 0) is 48.1 Å². The Kier molecular flexibility index (Phi) is 2.03. The zero-order valence-electron chi connectivity index (χ0n) is 10.4. The van der Waals surface area contributed by atoms with Gasteiger partial charge in [-0.2, -0.15) is 0 Å². The van der Waals surface area contributed by atoms with E-state index < -0.39 is 0 Å². The maximum absolute atomic E-state index is 13.3. The number of ketones is 1. The lowest BCUT2D eigenvalue weighted by Gasteiger charge is -2.20. The molecule has 0 unspecified atom stereocenters. The molecule has 2 aliphatic carbocycles. The van der Waals surface area contributed by atoms with Crippen molar-refractivity contribution in [1.82, 2.24) is 0 Å². The molecule has 0 amide bonds. The van der Waals surface area contributed by atoms with Gasteiger partial charge in [0.1, 0.15) is 5.82 Å². The summed E-state index contributed by atoms with van der Waals surface area (Å²) < 4.78 is 13.3. The largest absolute Gasteiger partial charge is 0.294 e. The fourth-order valence-corrected chi connectivity index (χ4v) is 3.62. The highest BCUT2D eigenvalue weighted by molar-refractivity contribution is 6.05. The summed E-state index contributed by atoms with van der Waals surface area (Å²) in [5.41, 5.74) is 3.78. The van der Waals surface area contributed by atoms with E-state index in [1.165, 1.54) is 23.3 Å². The monoisotopic (exact) mass is 252 g/mol. The van der Waals surface area contributed by atoms with E-state index >= 15 is 0 Å². The predicted octanol–water partition coefficient (Wildman–Crippen LogP) is 3.35. The van der Waals surface area contributed by atoms with E-state index in [0.717, 1.165) is 24.8 Å². The lowest BCUT2D eigenvalue weighted by Crippen LogP contribution is -2.28. The van der Waals surface area contributed by atoms with Crippen LogP contribution in [0.15, 0.2) is 42.5 Å². The van der Waals surface area contributed by atoms with E-state index in [9.17, 15) is 9.18 Å². The van der Waals surface area contributed by atoms with Crippen LogP contribution in [0, 0.1) is 11.2 Å². The molecule has 0 fully saturated rings. The summed E-state index contributed by atoms with van der Waals surface area (Å²) in [6.45, 7) is 0. The van der Waals surface area contributed by atoms with Crippen LogP contribution in [-0.2, 0) is 19.3 Å². The second-order valence-electron chi connectivity index (χ2n) is 5.71. The Labute approximate surface area is 111 Å². The number of halogens is 1. The number of carbonyl (C=O) groups is 1. The van der Waals surface area contributed by atoms with Gasteiger partial charge in [0, 0.05) is 11.0 Å². The van der Waals surface area contributed by atoms with Crippen LogP contribution in [0.4, 0.5) is 4.39 Å². The number of hydrogen-bond acceptors (Lipinski definition) is 1.